The van der Waals surface area contributed by atoms with Gasteiger partial charge in [0, 0.05) is 43.5 Å². The second-order valence-corrected chi connectivity index (χ2v) is 8.24. The minimum atomic E-state index is 0.229. The van der Waals surface area contributed by atoms with Crippen molar-refractivity contribution in [1.29, 1.82) is 0 Å². The summed E-state index contributed by atoms with van der Waals surface area (Å²) >= 11 is 0. The van der Waals surface area contributed by atoms with Crippen molar-refractivity contribution < 1.29 is 9.57 Å². The molecule has 2 fully saturated rings. The molecule has 152 valence electrons. The van der Waals surface area contributed by atoms with E-state index in [0.29, 0.717) is 12.6 Å². The number of hydrogen-bond donors (Lipinski definition) is 0. The molecule has 1 aromatic carbocycles. The van der Waals surface area contributed by atoms with E-state index >= 15 is 0 Å². The van der Waals surface area contributed by atoms with Crippen LogP contribution in [0.1, 0.15) is 50.5 Å². The van der Waals surface area contributed by atoms with Crippen LogP contribution in [0, 0.1) is 0 Å². The van der Waals surface area contributed by atoms with Crippen LogP contribution in [0.4, 0.5) is 0 Å². The number of rotatable bonds is 5. The van der Waals surface area contributed by atoms with E-state index in [1.807, 2.05) is 12.4 Å². The van der Waals surface area contributed by atoms with Crippen LogP contribution in [0.2, 0.25) is 0 Å². The molecule has 0 N–H and O–H groups in total. The smallest absolute Gasteiger partial charge is 0.316 e. The van der Waals surface area contributed by atoms with Crippen LogP contribution in [-0.4, -0.2) is 52.4 Å². The third kappa shape index (κ3) is 4.27. The Balaban J connectivity index is 1.16. The number of hydrogen-bond acceptors (Lipinski definition) is 6. The Labute approximate surface area is 171 Å². The molecule has 1 aliphatic carbocycles. The Morgan fingerprint density at radius 2 is 1.55 bits per heavy atom. The summed E-state index contributed by atoms with van der Waals surface area (Å²) in [5, 5.41) is 4.07. The Morgan fingerprint density at radius 3 is 2.21 bits per heavy atom. The number of nitrogens with zero attached hydrogens (tertiary/aromatic N) is 4. The largest absolute Gasteiger partial charge is 0.460 e. The number of piperidine rings is 1. The first-order valence-electron chi connectivity index (χ1n) is 10.9. The van der Waals surface area contributed by atoms with Crippen molar-refractivity contribution in [2.45, 2.75) is 57.1 Å². The molecule has 0 atom stereocenters. The molecule has 6 nitrogen and oxygen atoms in total. The topological polar surface area (TPSA) is 59.8 Å². The molecule has 1 saturated carbocycles. The molecule has 29 heavy (non-hydrogen) atoms. The summed E-state index contributed by atoms with van der Waals surface area (Å²) in [7, 11) is 0. The number of ether oxygens (including phenoxy) is 1. The molecule has 2 aromatic rings. The molecule has 3 aliphatic rings. The van der Waals surface area contributed by atoms with Gasteiger partial charge in [0.2, 0.25) is 0 Å². The second-order valence-electron chi connectivity index (χ2n) is 8.24. The number of oxime groups is 1. The summed E-state index contributed by atoms with van der Waals surface area (Å²) in [4.78, 5) is 16.7. The highest BCUT2D eigenvalue weighted by atomic mass is 16.6. The lowest BCUT2D eigenvalue weighted by Crippen LogP contribution is -2.43. The SMILES string of the molecule is c1cc(-c2cnc(OC3CCN(C4CCCC4)CC3)nc2)ccc1C1=NOCC1. The zero-order valence-electron chi connectivity index (χ0n) is 16.8. The van der Waals surface area contributed by atoms with Gasteiger partial charge >= 0.3 is 6.01 Å². The molecule has 0 spiro atoms. The molecule has 2 aliphatic heterocycles. The quantitative estimate of drug-likeness (QED) is 0.768. The van der Waals surface area contributed by atoms with Gasteiger partial charge in [-0.1, -0.05) is 42.3 Å². The molecule has 1 saturated heterocycles. The maximum atomic E-state index is 6.07. The summed E-state index contributed by atoms with van der Waals surface area (Å²) in [5.41, 5.74) is 4.20. The highest BCUT2D eigenvalue weighted by Gasteiger charge is 2.28. The fraction of sp³-hybridized carbons (Fsp3) is 0.522. The van der Waals surface area contributed by atoms with Gasteiger partial charge in [0.05, 0.1) is 5.71 Å². The minimum Gasteiger partial charge on any atom is -0.460 e. The van der Waals surface area contributed by atoms with Crippen LogP contribution in [0.5, 0.6) is 6.01 Å². The van der Waals surface area contributed by atoms with Crippen LogP contribution in [0.3, 0.4) is 0 Å². The lowest BCUT2D eigenvalue weighted by molar-refractivity contribution is 0.0710. The van der Waals surface area contributed by atoms with E-state index in [-0.39, 0.29) is 6.10 Å². The van der Waals surface area contributed by atoms with Crippen LogP contribution in [0.25, 0.3) is 11.1 Å². The summed E-state index contributed by atoms with van der Waals surface area (Å²) in [5.74, 6) is 0. The van der Waals surface area contributed by atoms with Crippen molar-refractivity contribution in [3.8, 4) is 17.1 Å². The zero-order chi connectivity index (χ0) is 19.5. The lowest BCUT2D eigenvalue weighted by Gasteiger charge is -2.35. The Morgan fingerprint density at radius 1 is 0.862 bits per heavy atom. The first-order chi connectivity index (χ1) is 14.3. The van der Waals surface area contributed by atoms with Crippen molar-refractivity contribution in [2.75, 3.05) is 19.7 Å². The molecular weight excluding hydrogens is 364 g/mol. The summed E-state index contributed by atoms with van der Waals surface area (Å²) in [6.07, 6.45) is 12.5. The van der Waals surface area contributed by atoms with E-state index in [9.17, 15) is 0 Å². The van der Waals surface area contributed by atoms with Gasteiger partial charge in [0.15, 0.2) is 0 Å². The van der Waals surface area contributed by atoms with E-state index in [4.69, 9.17) is 9.57 Å². The van der Waals surface area contributed by atoms with Gasteiger partial charge in [-0.25, -0.2) is 9.97 Å². The summed E-state index contributed by atoms with van der Waals surface area (Å²) in [6.45, 7) is 2.94. The van der Waals surface area contributed by atoms with E-state index in [2.05, 4.69) is 44.3 Å². The number of likely N-dealkylation sites (tertiary alicyclic amines) is 1. The number of benzene rings is 1. The first kappa shape index (κ1) is 18.6. The standard InChI is InChI=1S/C23H28N4O2/c1-2-4-20(3-1)27-12-9-21(10-13-27)29-23-24-15-19(16-25-23)17-5-7-18(8-6-17)22-11-14-28-26-22/h5-8,15-16,20-21H,1-4,9-14H2. The molecule has 0 bridgehead atoms. The average molecular weight is 393 g/mol. The Bertz CT molecular complexity index is 836. The fourth-order valence-electron chi connectivity index (χ4n) is 4.67. The van der Waals surface area contributed by atoms with Crippen molar-refractivity contribution >= 4 is 5.71 Å². The van der Waals surface area contributed by atoms with Crippen LogP contribution >= 0.6 is 0 Å². The molecule has 5 rings (SSSR count). The van der Waals surface area contributed by atoms with Gasteiger partial charge in [-0.05, 0) is 36.8 Å². The Kier molecular flexibility index (Phi) is 5.43. The molecule has 0 radical (unpaired) electrons. The van der Waals surface area contributed by atoms with Crippen molar-refractivity contribution in [3.05, 3.63) is 42.2 Å². The maximum Gasteiger partial charge on any atom is 0.316 e. The highest BCUT2D eigenvalue weighted by Crippen LogP contribution is 2.27. The third-order valence-corrected chi connectivity index (χ3v) is 6.37. The van der Waals surface area contributed by atoms with Gasteiger partial charge < -0.3 is 14.5 Å². The van der Waals surface area contributed by atoms with E-state index < -0.39 is 0 Å². The van der Waals surface area contributed by atoms with Gasteiger partial charge in [-0.15, -0.1) is 0 Å². The third-order valence-electron chi connectivity index (χ3n) is 6.37. The normalized spacial score (nSPS) is 21.2. The van der Waals surface area contributed by atoms with Crippen molar-refractivity contribution in [1.82, 2.24) is 14.9 Å². The van der Waals surface area contributed by atoms with Gasteiger partial charge in [-0.2, -0.15) is 0 Å². The fourth-order valence-corrected chi connectivity index (χ4v) is 4.67. The van der Waals surface area contributed by atoms with E-state index in [1.165, 1.54) is 25.7 Å². The molecule has 0 unspecified atom stereocenters. The average Bonchev–Trinajstić information content (AvgIpc) is 3.50. The highest BCUT2D eigenvalue weighted by molar-refractivity contribution is 6.01. The van der Waals surface area contributed by atoms with Crippen molar-refractivity contribution in [3.63, 3.8) is 0 Å². The Hall–Kier alpha value is -2.47. The summed E-state index contributed by atoms with van der Waals surface area (Å²) < 4.78 is 6.07. The molecular formula is C23H28N4O2. The lowest BCUT2D eigenvalue weighted by atomic mass is 10.0. The van der Waals surface area contributed by atoms with E-state index in [1.54, 1.807) is 0 Å². The van der Waals surface area contributed by atoms with Crippen LogP contribution < -0.4 is 4.74 Å². The number of aromatic nitrogens is 2. The molecule has 6 heteroatoms. The maximum absolute atomic E-state index is 6.07. The zero-order valence-corrected chi connectivity index (χ0v) is 16.8. The minimum absolute atomic E-state index is 0.229. The van der Waals surface area contributed by atoms with E-state index in [0.717, 1.165) is 60.8 Å². The van der Waals surface area contributed by atoms with Crippen LogP contribution in [0.15, 0.2) is 41.8 Å². The van der Waals surface area contributed by atoms with Gasteiger partial charge in [0.1, 0.15) is 12.7 Å². The van der Waals surface area contributed by atoms with Gasteiger partial charge in [-0.3, -0.25) is 0 Å². The predicted octanol–water partition coefficient (Wildman–Crippen LogP) is 4.05. The van der Waals surface area contributed by atoms with Crippen molar-refractivity contribution in [2.24, 2.45) is 5.16 Å². The molecule has 3 heterocycles. The monoisotopic (exact) mass is 392 g/mol. The molecule has 0 amide bonds. The molecule has 1 aromatic heterocycles. The van der Waals surface area contributed by atoms with Gasteiger partial charge in [0.25, 0.3) is 0 Å². The predicted molar refractivity (Wildman–Crippen MR) is 112 cm³/mol. The second kappa shape index (κ2) is 8.49. The summed E-state index contributed by atoms with van der Waals surface area (Å²) in [6, 6.07) is 9.60. The van der Waals surface area contributed by atoms with Crippen LogP contribution in [-0.2, 0) is 4.84 Å². The first-order valence-corrected chi connectivity index (χ1v) is 10.9.